The maximum atomic E-state index is 5.85. The second kappa shape index (κ2) is 4.18. The van der Waals surface area contributed by atoms with Gasteiger partial charge in [-0.3, -0.25) is 0 Å². The van der Waals surface area contributed by atoms with Crippen molar-refractivity contribution in [3.63, 3.8) is 0 Å². The molecule has 0 amide bonds. The van der Waals surface area contributed by atoms with E-state index < -0.39 is 0 Å². The Hall–Kier alpha value is -1.29. The molecule has 1 aromatic rings. The zero-order chi connectivity index (χ0) is 11.7. The molecule has 4 rings (SSSR count). The molecule has 1 aromatic heterocycles. The van der Waals surface area contributed by atoms with Crippen LogP contribution in [0, 0.1) is 5.41 Å². The third-order valence-electron chi connectivity index (χ3n) is 3.77. The molecule has 2 aliphatic heterocycles. The number of fused-ring (bicyclic) bond motifs is 2. The van der Waals surface area contributed by atoms with Crippen LogP contribution >= 0.6 is 0 Å². The zero-order valence-electron chi connectivity index (χ0n) is 10.0. The molecule has 0 atom stereocenters. The molecule has 2 bridgehead atoms. The number of ether oxygens (including phenoxy) is 3. The van der Waals surface area contributed by atoms with Crippen molar-refractivity contribution in [2.45, 2.75) is 25.4 Å². The standard InChI is InChI=1S/C13H17NO3/c1-15-12-6-10(2-4-14-12)17-9-13-3-5-16-11(7-13)8-13/h2,4,6,11H,3,5,7-9H2,1H3. The summed E-state index contributed by atoms with van der Waals surface area (Å²) in [6, 6.07) is 3.70. The van der Waals surface area contributed by atoms with E-state index in [-0.39, 0.29) is 0 Å². The second-order valence-electron chi connectivity index (χ2n) is 4.97. The lowest BCUT2D eigenvalue weighted by Gasteiger charge is -2.51. The smallest absolute Gasteiger partial charge is 0.216 e. The summed E-state index contributed by atoms with van der Waals surface area (Å²) in [5.74, 6) is 1.43. The number of aromatic nitrogens is 1. The van der Waals surface area contributed by atoms with Gasteiger partial charge in [-0.25, -0.2) is 4.98 Å². The highest BCUT2D eigenvalue weighted by atomic mass is 16.5. The summed E-state index contributed by atoms with van der Waals surface area (Å²) in [6.07, 6.45) is 5.61. The summed E-state index contributed by atoms with van der Waals surface area (Å²) in [5, 5.41) is 0. The summed E-state index contributed by atoms with van der Waals surface area (Å²) in [5.41, 5.74) is 0.361. The van der Waals surface area contributed by atoms with Crippen LogP contribution in [0.4, 0.5) is 0 Å². The SMILES string of the molecule is COc1cc(OCC23CCOC(C2)C3)ccn1. The molecule has 1 aliphatic carbocycles. The van der Waals surface area contributed by atoms with Crippen molar-refractivity contribution in [2.75, 3.05) is 20.3 Å². The molecule has 92 valence electrons. The molecular formula is C13H17NO3. The summed E-state index contributed by atoms with van der Waals surface area (Å²) in [7, 11) is 1.61. The number of hydrogen-bond donors (Lipinski definition) is 0. The van der Waals surface area contributed by atoms with Gasteiger partial charge in [0, 0.05) is 24.3 Å². The molecule has 0 spiro atoms. The number of methoxy groups -OCH3 is 1. The van der Waals surface area contributed by atoms with Crippen LogP contribution in [0.2, 0.25) is 0 Å². The van der Waals surface area contributed by atoms with Crippen LogP contribution in [0.15, 0.2) is 18.3 Å². The summed E-state index contributed by atoms with van der Waals surface area (Å²) in [4.78, 5) is 4.06. The van der Waals surface area contributed by atoms with Crippen LogP contribution in [0.5, 0.6) is 11.6 Å². The highest BCUT2D eigenvalue weighted by Crippen LogP contribution is 2.49. The fourth-order valence-electron chi connectivity index (χ4n) is 2.69. The molecule has 0 aromatic carbocycles. The lowest BCUT2D eigenvalue weighted by atomic mass is 9.63. The molecule has 0 unspecified atom stereocenters. The Morgan fingerprint density at radius 1 is 1.53 bits per heavy atom. The number of pyridine rings is 1. The molecule has 3 heterocycles. The Morgan fingerprint density at radius 2 is 2.41 bits per heavy atom. The van der Waals surface area contributed by atoms with Gasteiger partial charge in [-0.05, 0) is 25.3 Å². The van der Waals surface area contributed by atoms with Crippen molar-refractivity contribution in [1.82, 2.24) is 4.98 Å². The van der Waals surface area contributed by atoms with Gasteiger partial charge in [0.1, 0.15) is 5.75 Å². The van der Waals surface area contributed by atoms with Gasteiger partial charge < -0.3 is 14.2 Å². The van der Waals surface area contributed by atoms with E-state index in [0.717, 1.165) is 38.2 Å². The third kappa shape index (κ3) is 2.09. The van der Waals surface area contributed by atoms with Gasteiger partial charge in [0.2, 0.25) is 5.88 Å². The van der Waals surface area contributed by atoms with Crippen molar-refractivity contribution >= 4 is 0 Å². The second-order valence-corrected chi connectivity index (χ2v) is 4.97. The molecule has 3 fully saturated rings. The Labute approximate surface area is 101 Å². The Balaban J connectivity index is 1.60. The van der Waals surface area contributed by atoms with E-state index in [1.165, 1.54) is 0 Å². The average molecular weight is 235 g/mol. The maximum absolute atomic E-state index is 5.85. The summed E-state index contributed by atoms with van der Waals surface area (Å²) >= 11 is 0. The maximum Gasteiger partial charge on any atom is 0.216 e. The monoisotopic (exact) mass is 235 g/mol. The van der Waals surface area contributed by atoms with Gasteiger partial charge >= 0.3 is 0 Å². The van der Waals surface area contributed by atoms with Crippen molar-refractivity contribution in [3.8, 4) is 11.6 Å². The molecule has 2 saturated heterocycles. The molecule has 0 radical (unpaired) electrons. The first-order valence-electron chi connectivity index (χ1n) is 6.04. The highest BCUT2D eigenvalue weighted by molar-refractivity contribution is 5.26. The van der Waals surface area contributed by atoms with Gasteiger partial charge in [0.25, 0.3) is 0 Å². The van der Waals surface area contributed by atoms with E-state index in [1.807, 2.05) is 12.1 Å². The normalized spacial score (nSPS) is 30.5. The van der Waals surface area contributed by atoms with Crippen LogP contribution in [0.25, 0.3) is 0 Å². The number of rotatable bonds is 4. The average Bonchev–Trinajstić information content (AvgIpc) is 2.36. The van der Waals surface area contributed by atoms with Gasteiger partial charge in [0.15, 0.2) is 0 Å². The molecule has 4 heteroatoms. The fourth-order valence-corrected chi connectivity index (χ4v) is 2.69. The number of hydrogen-bond acceptors (Lipinski definition) is 4. The lowest BCUT2D eigenvalue weighted by Crippen LogP contribution is -2.51. The first kappa shape index (κ1) is 10.8. The van der Waals surface area contributed by atoms with Crippen LogP contribution in [0.1, 0.15) is 19.3 Å². The van der Waals surface area contributed by atoms with Crippen LogP contribution in [-0.2, 0) is 4.74 Å². The van der Waals surface area contributed by atoms with E-state index >= 15 is 0 Å². The van der Waals surface area contributed by atoms with Gasteiger partial charge in [-0.1, -0.05) is 0 Å². The Bertz CT molecular complexity index is 396. The molecule has 4 nitrogen and oxygen atoms in total. The first-order valence-corrected chi connectivity index (χ1v) is 6.04. The molecule has 3 aliphatic rings. The van der Waals surface area contributed by atoms with E-state index in [0.29, 0.717) is 17.4 Å². The lowest BCUT2D eigenvalue weighted by molar-refractivity contribution is -0.160. The van der Waals surface area contributed by atoms with Crippen molar-refractivity contribution in [3.05, 3.63) is 18.3 Å². The largest absolute Gasteiger partial charge is 0.493 e. The predicted octanol–water partition coefficient (Wildman–Crippen LogP) is 2.04. The van der Waals surface area contributed by atoms with Crippen LogP contribution in [-0.4, -0.2) is 31.4 Å². The minimum absolute atomic E-state index is 0.361. The Kier molecular flexibility index (Phi) is 2.67. The van der Waals surface area contributed by atoms with Gasteiger partial charge in [0.05, 0.1) is 19.8 Å². The van der Waals surface area contributed by atoms with E-state index in [4.69, 9.17) is 14.2 Å². The molecule has 0 N–H and O–H groups in total. The molecular weight excluding hydrogens is 218 g/mol. The van der Waals surface area contributed by atoms with Crippen molar-refractivity contribution in [2.24, 2.45) is 5.41 Å². The quantitative estimate of drug-likeness (QED) is 0.800. The Morgan fingerprint density at radius 3 is 3.12 bits per heavy atom. The minimum Gasteiger partial charge on any atom is -0.493 e. The molecule has 1 saturated carbocycles. The van der Waals surface area contributed by atoms with E-state index in [9.17, 15) is 0 Å². The third-order valence-corrected chi connectivity index (χ3v) is 3.77. The summed E-state index contributed by atoms with van der Waals surface area (Å²) < 4.78 is 16.5. The van der Waals surface area contributed by atoms with Gasteiger partial charge in [-0.15, -0.1) is 0 Å². The van der Waals surface area contributed by atoms with Crippen molar-refractivity contribution < 1.29 is 14.2 Å². The zero-order valence-corrected chi connectivity index (χ0v) is 10.0. The van der Waals surface area contributed by atoms with Gasteiger partial charge in [-0.2, -0.15) is 0 Å². The van der Waals surface area contributed by atoms with E-state index in [2.05, 4.69) is 4.98 Å². The number of nitrogens with zero attached hydrogens (tertiary/aromatic N) is 1. The van der Waals surface area contributed by atoms with Crippen LogP contribution in [0.3, 0.4) is 0 Å². The van der Waals surface area contributed by atoms with Crippen LogP contribution < -0.4 is 9.47 Å². The fraction of sp³-hybridized carbons (Fsp3) is 0.615. The first-order chi connectivity index (χ1) is 8.30. The minimum atomic E-state index is 0.361. The predicted molar refractivity (Wildman–Crippen MR) is 62.3 cm³/mol. The highest BCUT2D eigenvalue weighted by Gasteiger charge is 2.48. The summed E-state index contributed by atoms with van der Waals surface area (Å²) in [6.45, 7) is 1.66. The topological polar surface area (TPSA) is 40.6 Å². The van der Waals surface area contributed by atoms with Crippen molar-refractivity contribution in [1.29, 1.82) is 0 Å². The van der Waals surface area contributed by atoms with E-state index in [1.54, 1.807) is 13.3 Å². The molecule has 17 heavy (non-hydrogen) atoms.